The Morgan fingerprint density at radius 1 is 0.750 bits per heavy atom. The molecule has 3 unspecified atom stereocenters. The lowest BCUT2D eigenvalue weighted by Gasteiger charge is -2.44. The Balaban J connectivity index is 2.70. The van der Waals surface area contributed by atoms with E-state index in [0.29, 0.717) is 24.0 Å². The first-order valence-electron chi connectivity index (χ1n) is 9.35. The quantitative estimate of drug-likeness (QED) is 0.669. The highest BCUT2D eigenvalue weighted by Gasteiger charge is 2.28. The lowest BCUT2D eigenvalue weighted by atomic mass is 9.98. The molecule has 24 heavy (non-hydrogen) atoms. The van der Waals surface area contributed by atoms with E-state index in [1.807, 2.05) is 0 Å². The lowest BCUT2D eigenvalue weighted by Crippen LogP contribution is -2.62. The van der Waals surface area contributed by atoms with Crippen LogP contribution in [0, 0.1) is 5.92 Å². The van der Waals surface area contributed by atoms with Gasteiger partial charge in [-0.2, -0.15) is 5.53 Å². The van der Waals surface area contributed by atoms with Crippen LogP contribution in [0.1, 0.15) is 27.2 Å². The van der Waals surface area contributed by atoms with Crippen LogP contribution in [0.5, 0.6) is 0 Å². The van der Waals surface area contributed by atoms with Crippen molar-refractivity contribution in [1.82, 2.24) is 30.3 Å². The first-order chi connectivity index (χ1) is 11.1. The Hall–Kier alpha value is -0.240. The van der Waals surface area contributed by atoms with E-state index in [9.17, 15) is 0 Å². The molecule has 0 aromatic heterocycles. The first-order valence-corrected chi connectivity index (χ1v) is 9.35. The average Bonchev–Trinajstić information content (AvgIpc) is 2.46. The van der Waals surface area contributed by atoms with Gasteiger partial charge in [-0.1, -0.05) is 0 Å². The number of hydrogen-bond donors (Lipinski definition) is 1. The third-order valence-electron chi connectivity index (χ3n) is 5.53. The largest absolute Gasteiger partial charge is 0.307 e. The van der Waals surface area contributed by atoms with Crippen molar-refractivity contribution in [1.29, 1.82) is 0 Å². The molecular weight excluding hydrogens is 300 g/mol. The van der Waals surface area contributed by atoms with Crippen LogP contribution in [0.2, 0.25) is 0 Å². The fraction of sp³-hybridized carbons (Fsp3) is 1.00. The molecule has 1 N–H and O–H groups in total. The number of rotatable bonds is 9. The van der Waals surface area contributed by atoms with E-state index in [4.69, 9.17) is 0 Å². The van der Waals surface area contributed by atoms with Crippen molar-refractivity contribution in [2.75, 3.05) is 68.5 Å². The standard InChI is InChI=1S/C18H42N6/c1-15(20(4)5)10-18-13-23(11-16(2)21(6)7)19-24(14-18)12-17(3)22(8)9/h15-19H,10-14H2,1-9H3. The minimum Gasteiger partial charge on any atom is -0.307 e. The Kier molecular flexibility index (Phi) is 9.12. The monoisotopic (exact) mass is 342 g/mol. The summed E-state index contributed by atoms with van der Waals surface area (Å²) in [6, 6.07) is 1.70. The van der Waals surface area contributed by atoms with Crippen LogP contribution in [0.4, 0.5) is 0 Å². The number of nitrogens with zero attached hydrogens (tertiary/aromatic N) is 5. The summed E-state index contributed by atoms with van der Waals surface area (Å²) in [6.07, 6.45) is 1.24. The number of nitrogens with one attached hydrogen (secondary N) is 1. The van der Waals surface area contributed by atoms with Crippen LogP contribution in [0.3, 0.4) is 0 Å². The Morgan fingerprint density at radius 2 is 1.12 bits per heavy atom. The smallest absolute Gasteiger partial charge is 0.0297 e. The Labute approximate surface area is 150 Å². The van der Waals surface area contributed by atoms with Crippen LogP contribution < -0.4 is 5.53 Å². The maximum atomic E-state index is 3.66. The minimum atomic E-state index is 0.538. The van der Waals surface area contributed by atoms with E-state index in [-0.39, 0.29) is 0 Å². The predicted octanol–water partition coefficient (Wildman–Crippen LogP) is 0.880. The lowest BCUT2D eigenvalue weighted by molar-refractivity contribution is -0.0643. The van der Waals surface area contributed by atoms with Gasteiger partial charge in [0.1, 0.15) is 0 Å². The van der Waals surface area contributed by atoms with E-state index in [1.165, 1.54) is 6.42 Å². The number of likely N-dealkylation sites (N-methyl/N-ethyl adjacent to an activating group) is 2. The van der Waals surface area contributed by atoms with E-state index < -0.39 is 0 Å². The second-order valence-corrected chi connectivity index (χ2v) is 8.45. The molecule has 0 aromatic rings. The normalized spacial score (nSPS) is 24.8. The van der Waals surface area contributed by atoms with Crippen molar-refractivity contribution in [2.45, 2.75) is 45.3 Å². The van der Waals surface area contributed by atoms with Crippen molar-refractivity contribution < 1.29 is 0 Å². The summed E-state index contributed by atoms with van der Waals surface area (Å²) in [5.41, 5.74) is 3.66. The fourth-order valence-electron chi connectivity index (χ4n) is 3.00. The van der Waals surface area contributed by atoms with E-state index in [2.05, 4.69) is 93.3 Å². The van der Waals surface area contributed by atoms with E-state index in [0.717, 1.165) is 26.2 Å². The summed E-state index contributed by atoms with van der Waals surface area (Å²) in [6.45, 7) is 11.3. The van der Waals surface area contributed by atoms with Crippen molar-refractivity contribution in [3.63, 3.8) is 0 Å². The second kappa shape index (κ2) is 10.0. The van der Waals surface area contributed by atoms with Gasteiger partial charge in [0.05, 0.1) is 0 Å². The SMILES string of the molecule is CC(CC1CN(CC(C)N(C)C)NN(CC(C)N(C)C)C1)N(C)C. The molecule has 0 saturated carbocycles. The molecule has 1 rings (SSSR count). The average molecular weight is 343 g/mol. The first kappa shape index (κ1) is 21.8. The van der Waals surface area contributed by atoms with Gasteiger partial charge in [-0.05, 0) is 75.4 Å². The summed E-state index contributed by atoms with van der Waals surface area (Å²) in [5, 5.41) is 4.84. The van der Waals surface area contributed by atoms with Gasteiger partial charge in [-0.15, -0.1) is 0 Å². The van der Waals surface area contributed by atoms with Gasteiger partial charge in [0.25, 0.3) is 0 Å². The van der Waals surface area contributed by atoms with Crippen LogP contribution >= 0.6 is 0 Å². The van der Waals surface area contributed by atoms with Gasteiger partial charge in [0.2, 0.25) is 0 Å². The molecule has 0 radical (unpaired) electrons. The van der Waals surface area contributed by atoms with Crippen molar-refractivity contribution >= 4 is 0 Å². The molecule has 6 heteroatoms. The molecule has 1 aliphatic rings. The van der Waals surface area contributed by atoms with Gasteiger partial charge in [0, 0.05) is 44.3 Å². The second-order valence-electron chi connectivity index (χ2n) is 8.45. The molecular formula is C18H42N6. The molecule has 6 nitrogen and oxygen atoms in total. The third kappa shape index (κ3) is 7.33. The molecule has 0 bridgehead atoms. The number of hydrogen-bond acceptors (Lipinski definition) is 6. The zero-order valence-electron chi connectivity index (χ0n) is 17.6. The molecule has 0 spiro atoms. The molecule has 0 amide bonds. The maximum Gasteiger partial charge on any atom is 0.0297 e. The minimum absolute atomic E-state index is 0.538. The van der Waals surface area contributed by atoms with Crippen molar-refractivity contribution in [3.8, 4) is 0 Å². The highest BCUT2D eigenvalue weighted by Crippen LogP contribution is 2.17. The maximum absolute atomic E-state index is 3.66. The topological polar surface area (TPSA) is 28.2 Å². The van der Waals surface area contributed by atoms with Crippen molar-refractivity contribution in [3.05, 3.63) is 0 Å². The van der Waals surface area contributed by atoms with Crippen LogP contribution in [-0.2, 0) is 0 Å². The third-order valence-corrected chi connectivity index (χ3v) is 5.53. The number of hydrazine groups is 2. The van der Waals surface area contributed by atoms with Gasteiger partial charge in [0.15, 0.2) is 0 Å². The molecule has 1 saturated heterocycles. The van der Waals surface area contributed by atoms with Crippen LogP contribution in [-0.4, -0.2) is 111 Å². The summed E-state index contributed by atoms with van der Waals surface area (Å²) >= 11 is 0. The van der Waals surface area contributed by atoms with Crippen LogP contribution in [0.15, 0.2) is 0 Å². The van der Waals surface area contributed by atoms with Gasteiger partial charge >= 0.3 is 0 Å². The molecule has 1 aliphatic heterocycles. The van der Waals surface area contributed by atoms with Crippen LogP contribution in [0.25, 0.3) is 0 Å². The molecule has 1 fully saturated rings. The van der Waals surface area contributed by atoms with Gasteiger partial charge in [-0.3, -0.25) is 0 Å². The summed E-state index contributed by atoms with van der Waals surface area (Å²) in [4.78, 5) is 6.92. The highest BCUT2D eigenvalue weighted by atomic mass is 15.8. The Morgan fingerprint density at radius 3 is 1.46 bits per heavy atom. The molecule has 3 atom stereocenters. The fourth-order valence-corrected chi connectivity index (χ4v) is 3.00. The van der Waals surface area contributed by atoms with E-state index >= 15 is 0 Å². The summed E-state index contributed by atoms with van der Waals surface area (Å²) in [5.74, 6) is 0.701. The molecule has 144 valence electrons. The van der Waals surface area contributed by atoms with Gasteiger partial charge < -0.3 is 14.7 Å². The van der Waals surface area contributed by atoms with Crippen molar-refractivity contribution in [2.24, 2.45) is 5.92 Å². The van der Waals surface area contributed by atoms with E-state index in [1.54, 1.807) is 0 Å². The van der Waals surface area contributed by atoms with Gasteiger partial charge in [-0.25, -0.2) is 10.0 Å². The zero-order chi connectivity index (χ0) is 18.4. The molecule has 0 aromatic carbocycles. The zero-order valence-corrected chi connectivity index (χ0v) is 17.6. The summed E-state index contributed by atoms with van der Waals surface area (Å²) in [7, 11) is 13.0. The highest BCUT2D eigenvalue weighted by molar-refractivity contribution is 4.79. The molecule has 1 heterocycles. The summed E-state index contributed by atoms with van der Waals surface area (Å²) < 4.78 is 0. The Bertz CT molecular complexity index is 288. The molecule has 0 aliphatic carbocycles. The predicted molar refractivity (Wildman–Crippen MR) is 104 cm³/mol.